The van der Waals surface area contributed by atoms with Gasteiger partial charge in [0.1, 0.15) is 5.75 Å². The number of nitrogens with one attached hydrogen (secondary N) is 1. The van der Waals surface area contributed by atoms with Crippen molar-refractivity contribution in [2.24, 2.45) is 0 Å². The van der Waals surface area contributed by atoms with E-state index >= 15 is 0 Å². The lowest BCUT2D eigenvalue weighted by atomic mass is 10.1. The fraction of sp³-hybridized carbons (Fsp3) is 0.500. The van der Waals surface area contributed by atoms with Gasteiger partial charge in [-0.15, -0.1) is 0 Å². The van der Waals surface area contributed by atoms with E-state index in [0.29, 0.717) is 23.1 Å². The van der Waals surface area contributed by atoms with Crippen LogP contribution in [0.3, 0.4) is 0 Å². The molecule has 1 aromatic heterocycles. The molecule has 152 valence electrons. The van der Waals surface area contributed by atoms with Gasteiger partial charge in [0.15, 0.2) is 5.82 Å². The molecule has 0 saturated carbocycles. The summed E-state index contributed by atoms with van der Waals surface area (Å²) in [5.41, 5.74) is 1.34. The molecule has 1 aliphatic heterocycles. The molecule has 3 rings (SSSR count). The highest BCUT2D eigenvalue weighted by molar-refractivity contribution is 7.89. The summed E-state index contributed by atoms with van der Waals surface area (Å²) in [6, 6.07) is 3.48. The van der Waals surface area contributed by atoms with E-state index < -0.39 is 10.0 Å². The molecule has 0 spiro atoms. The first-order valence-electron chi connectivity index (χ1n) is 9.03. The van der Waals surface area contributed by atoms with Crippen LogP contribution < -0.4 is 19.1 Å². The van der Waals surface area contributed by atoms with Crippen LogP contribution in [0.15, 0.2) is 17.0 Å². The summed E-state index contributed by atoms with van der Waals surface area (Å²) < 4.78 is 38.6. The monoisotopic (exact) mass is 407 g/mol. The molecule has 2 heterocycles. The van der Waals surface area contributed by atoms with Gasteiger partial charge in [0.25, 0.3) is 0 Å². The predicted molar refractivity (Wildman–Crippen MR) is 104 cm³/mol. The fourth-order valence-electron chi connectivity index (χ4n) is 3.13. The van der Waals surface area contributed by atoms with E-state index in [1.165, 1.54) is 7.11 Å². The van der Waals surface area contributed by atoms with Crippen molar-refractivity contribution in [2.75, 3.05) is 32.2 Å². The highest BCUT2D eigenvalue weighted by atomic mass is 32.2. The van der Waals surface area contributed by atoms with Gasteiger partial charge in [-0.1, -0.05) is 0 Å². The van der Waals surface area contributed by atoms with Crippen LogP contribution in [0.5, 0.6) is 11.8 Å². The zero-order valence-corrected chi connectivity index (χ0v) is 17.3. The van der Waals surface area contributed by atoms with E-state index in [2.05, 4.69) is 19.7 Å². The van der Waals surface area contributed by atoms with E-state index in [-0.39, 0.29) is 17.5 Å². The van der Waals surface area contributed by atoms with Gasteiger partial charge < -0.3 is 14.4 Å². The Morgan fingerprint density at radius 1 is 1.04 bits per heavy atom. The Labute approximate surface area is 165 Å². The van der Waals surface area contributed by atoms with Gasteiger partial charge in [-0.05, 0) is 49.9 Å². The maximum atomic E-state index is 12.8. The molecule has 10 heteroatoms. The third kappa shape index (κ3) is 4.33. The Bertz CT molecular complexity index is 959. The molecular formula is C18H25N5O4S. The van der Waals surface area contributed by atoms with Crippen molar-refractivity contribution in [2.45, 2.75) is 38.1 Å². The third-order valence-corrected chi connectivity index (χ3v) is 6.17. The second-order valence-electron chi connectivity index (χ2n) is 6.64. The minimum absolute atomic E-state index is 0.0629. The number of anilines is 1. The zero-order chi connectivity index (χ0) is 20.3. The Morgan fingerprint density at radius 3 is 2.39 bits per heavy atom. The fourth-order valence-corrected chi connectivity index (χ4v) is 4.41. The van der Waals surface area contributed by atoms with Gasteiger partial charge in [0.05, 0.1) is 25.7 Å². The summed E-state index contributed by atoms with van der Waals surface area (Å²) in [5, 5.41) is 0. The average molecular weight is 407 g/mol. The number of aromatic nitrogens is 3. The molecule has 1 fully saturated rings. The lowest BCUT2D eigenvalue weighted by molar-refractivity contribution is 0.375. The summed E-state index contributed by atoms with van der Waals surface area (Å²) in [6.07, 6.45) is 2.15. The first-order valence-corrected chi connectivity index (χ1v) is 10.5. The molecule has 28 heavy (non-hydrogen) atoms. The average Bonchev–Trinajstić information content (AvgIpc) is 3.22. The van der Waals surface area contributed by atoms with E-state index in [0.717, 1.165) is 31.5 Å². The standard InChI is InChI=1S/C18H25N5O4S/c1-12-10-15(13(2)9-14(12)26-3)28(24,25)19-11-16-20-17(22-18(21-16)27-4)23-7-5-6-8-23/h9-10,19H,5-8,11H2,1-4H3. The molecule has 2 aromatic rings. The van der Waals surface area contributed by atoms with Gasteiger partial charge in [0, 0.05) is 13.1 Å². The molecule has 9 nitrogen and oxygen atoms in total. The zero-order valence-electron chi connectivity index (χ0n) is 16.5. The molecule has 0 amide bonds. The van der Waals surface area contributed by atoms with Crippen molar-refractivity contribution >= 4 is 16.0 Å². The smallest absolute Gasteiger partial charge is 0.321 e. The minimum Gasteiger partial charge on any atom is -0.496 e. The molecule has 1 aromatic carbocycles. The summed E-state index contributed by atoms with van der Waals surface area (Å²) in [4.78, 5) is 15.1. The second kappa shape index (κ2) is 8.27. The molecular weight excluding hydrogens is 382 g/mol. The number of sulfonamides is 1. The third-order valence-electron chi connectivity index (χ3n) is 4.62. The number of methoxy groups -OCH3 is 2. The first kappa shape index (κ1) is 20.3. The highest BCUT2D eigenvalue weighted by Gasteiger charge is 2.21. The summed E-state index contributed by atoms with van der Waals surface area (Å²) in [6.45, 7) is 5.20. The molecule has 1 saturated heterocycles. The Kier molecular flexibility index (Phi) is 5.99. The van der Waals surface area contributed by atoms with Gasteiger partial charge in [-0.2, -0.15) is 15.0 Å². The van der Waals surface area contributed by atoms with Crippen LogP contribution in [0.25, 0.3) is 0 Å². The minimum atomic E-state index is -3.75. The number of hydrogen-bond donors (Lipinski definition) is 1. The van der Waals surface area contributed by atoms with Gasteiger partial charge in [-0.3, -0.25) is 0 Å². The maximum absolute atomic E-state index is 12.8. The van der Waals surface area contributed by atoms with Crippen LogP contribution in [0.4, 0.5) is 5.95 Å². The molecule has 0 radical (unpaired) electrons. The first-order chi connectivity index (χ1) is 13.3. The summed E-state index contributed by atoms with van der Waals surface area (Å²) in [7, 11) is -0.720. The van der Waals surface area contributed by atoms with Crippen molar-refractivity contribution < 1.29 is 17.9 Å². The number of nitrogens with zero attached hydrogens (tertiary/aromatic N) is 4. The number of benzene rings is 1. The number of rotatable bonds is 7. The van der Waals surface area contributed by atoms with Crippen LogP contribution >= 0.6 is 0 Å². The van der Waals surface area contributed by atoms with Crippen molar-refractivity contribution in [3.63, 3.8) is 0 Å². The normalized spacial score (nSPS) is 14.4. The van der Waals surface area contributed by atoms with Crippen molar-refractivity contribution in [3.8, 4) is 11.8 Å². The van der Waals surface area contributed by atoms with E-state index in [4.69, 9.17) is 9.47 Å². The second-order valence-corrected chi connectivity index (χ2v) is 8.38. The van der Waals surface area contributed by atoms with Crippen LogP contribution in [-0.4, -0.2) is 50.7 Å². The summed E-state index contributed by atoms with van der Waals surface area (Å²) in [5.74, 6) is 1.46. The van der Waals surface area contributed by atoms with Crippen LogP contribution in [-0.2, 0) is 16.6 Å². The van der Waals surface area contributed by atoms with E-state index in [1.54, 1.807) is 33.1 Å². The van der Waals surface area contributed by atoms with Crippen LogP contribution in [0.1, 0.15) is 29.8 Å². The quantitative estimate of drug-likeness (QED) is 0.737. The van der Waals surface area contributed by atoms with E-state index in [9.17, 15) is 8.42 Å². The maximum Gasteiger partial charge on any atom is 0.321 e. The summed E-state index contributed by atoms with van der Waals surface area (Å²) >= 11 is 0. The van der Waals surface area contributed by atoms with Crippen LogP contribution in [0.2, 0.25) is 0 Å². The molecule has 0 aliphatic carbocycles. The lowest BCUT2D eigenvalue weighted by Crippen LogP contribution is -2.27. The molecule has 0 unspecified atom stereocenters. The Morgan fingerprint density at radius 2 is 1.75 bits per heavy atom. The van der Waals surface area contributed by atoms with Gasteiger partial charge in [-0.25, -0.2) is 13.1 Å². The van der Waals surface area contributed by atoms with Gasteiger partial charge >= 0.3 is 6.01 Å². The lowest BCUT2D eigenvalue weighted by Gasteiger charge is -2.16. The Hall–Kier alpha value is -2.46. The number of aryl methyl sites for hydroxylation is 2. The molecule has 0 atom stereocenters. The number of ether oxygens (including phenoxy) is 2. The van der Waals surface area contributed by atoms with Crippen molar-refractivity contribution in [1.82, 2.24) is 19.7 Å². The number of hydrogen-bond acceptors (Lipinski definition) is 8. The largest absolute Gasteiger partial charge is 0.496 e. The van der Waals surface area contributed by atoms with Crippen molar-refractivity contribution in [3.05, 3.63) is 29.1 Å². The molecule has 0 bridgehead atoms. The Balaban J connectivity index is 1.83. The topological polar surface area (TPSA) is 107 Å². The van der Waals surface area contributed by atoms with E-state index in [1.807, 2.05) is 4.90 Å². The molecule has 1 N–H and O–H groups in total. The SMILES string of the molecule is COc1nc(CNS(=O)(=O)c2cc(C)c(OC)cc2C)nc(N2CCCC2)n1. The predicted octanol–water partition coefficient (Wildman–Crippen LogP) is 1.58. The highest BCUT2D eigenvalue weighted by Crippen LogP contribution is 2.25. The van der Waals surface area contributed by atoms with Crippen LogP contribution in [0, 0.1) is 13.8 Å². The van der Waals surface area contributed by atoms with Gasteiger partial charge in [0.2, 0.25) is 16.0 Å². The van der Waals surface area contributed by atoms with Crippen molar-refractivity contribution in [1.29, 1.82) is 0 Å². The molecule has 1 aliphatic rings.